The second kappa shape index (κ2) is 2.29. The van der Waals surface area contributed by atoms with Crippen LogP contribution in [0, 0.1) is 0 Å². The third-order valence-corrected chi connectivity index (χ3v) is 4.70. The zero-order valence-electron chi connectivity index (χ0n) is 9.55. The number of fused-ring (bicyclic) bond motifs is 2. The Labute approximate surface area is 81.4 Å². The minimum absolute atomic E-state index is 0.299. The molecule has 2 heterocycles. The lowest BCUT2D eigenvalue weighted by Crippen LogP contribution is -2.65. The number of rotatable bonds is 1. The van der Waals surface area contributed by atoms with Crippen molar-refractivity contribution < 1.29 is 9.48 Å². The number of hydrogen-bond donors (Lipinski definition) is 0. The van der Waals surface area contributed by atoms with E-state index < -0.39 is 0 Å². The van der Waals surface area contributed by atoms with E-state index in [4.69, 9.17) is 4.84 Å². The van der Waals surface area contributed by atoms with Crippen molar-refractivity contribution in [2.45, 2.75) is 64.1 Å². The molecular weight excluding hydrogens is 162 g/mol. The van der Waals surface area contributed by atoms with Gasteiger partial charge in [0, 0.05) is 19.3 Å². The Morgan fingerprint density at radius 2 is 1.92 bits per heavy atom. The first-order chi connectivity index (χ1) is 5.85. The molecule has 0 spiro atoms. The van der Waals surface area contributed by atoms with Gasteiger partial charge in [0.05, 0.1) is 7.05 Å². The van der Waals surface area contributed by atoms with Gasteiger partial charge in [0.1, 0.15) is 17.2 Å². The van der Waals surface area contributed by atoms with Crippen LogP contribution in [0.15, 0.2) is 0 Å². The monoisotopic (exact) mass is 184 g/mol. The molecule has 2 bridgehead atoms. The molecule has 2 aliphatic heterocycles. The van der Waals surface area contributed by atoms with E-state index in [0.717, 1.165) is 4.65 Å². The summed E-state index contributed by atoms with van der Waals surface area (Å²) in [6.07, 6.45) is 4.18. The summed E-state index contributed by atoms with van der Waals surface area (Å²) in [5.41, 5.74) is 0.639. The molecule has 3 unspecified atom stereocenters. The van der Waals surface area contributed by atoms with Gasteiger partial charge in [0.15, 0.2) is 0 Å². The van der Waals surface area contributed by atoms with Gasteiger partial charge >= 0.3 is 0 Å². The van der Waals surface area contributed by atoms with Gasteiger partial charge in [0.25, 0.3) is 0 Å². The highest BCUT2D eigenvalue weighted by Crippen LogP contribution is 2.54. The highest BCUT2D eigenvalue weighted by Gasteiger charge is 2.68. The molecule has 0 N–H and O–H groups in total. The topological polar surface area (TPSA) is 9.23 Å². The van der Waals surface area contributed by atoms with E-state index in [1.165, 1.54) is 19.3 Å². The smallest absolute Gasteiger partial charge is 0.129 e. The van der Waals surface area contributed by atoms with Gasteiger partial charge in [-0.1, -0.05) is 6.92 Å². The predicted octanol–water partition coefficient (Wildman–Crippen LogP) is 2.49. The lowest BCUT2D eigenvalue weighted by Gasteiger charge is -2.48. The van der Waals surface area contributed by atoms with Crippen LogP contribution in [-0.2, 0) is 4.84 Å². The standard InChI is InChI=1S/C11H22NO/c1-6-11(4)8-9-7-10(2,3)12(11,5)13-9/h9H,6-8H2,1-5H3/q+1. The zero-order chi connectivity index (χ0) is 9.91. The molecule has 2 fully saturated rings. The van der Waals surface area contributed by atoms with Gasteiger partial charge in [-0.05, 0) is 20.8 Å². The van der Waals surface area contributed by atoms with Crippen LogP contribution < -0.4 is 0 Å². The number of hydroxylamine groups is 3. The second-order valence-corrected chi connectivity index (χ2v) is 5.72. The molecule has 0 aromatic heterocycles. The van der Waals surface area contributed by atoms with Crippen molar-refractivity contribution in [3.63, 3.8) is 0 Å². The second-order valence-electron chi connectivity index (χ2n) is 5.72. The quantitative estimate of drug-likeness (QED) is 0.569. The van der Waals surface area contributed by atoms with E-state index in [0.29, 0.717) is 17.2 Å². The Morgan fingerprint density at radius 1 is 1.31 bits per heavy atom. The number of nitrogens with zero attached hydrogens (tertiary/aromatic N) is 1. The largest absolute Gasteiger partial charge is 0.198 e. The van der Waals surface area contributed by atoms with Crippen molar-refractivity contribution in [1.82, 2.24) is 0 Å². The summed E-state index contributed by atoms with van der Waals surface area (Å²) in [6.45, 7) is 9.32. The van der Waals surface area contributed by atoms with Crippen molar-refractivity contribution in [1.29, 1.82) is 0 Å². The van der Waals surface area contributed by atoms with E-state index in [2.05, 4.69) is 34.7 Å². The molecule has 2 aliphatic rings. The Morgan fingerprint density at radius 3 is 2.23 bits per heavy atom. The molecule has 13 heavy (non-hydrogen) atoms. The summed E-state index contributed by atoms with van der Waals surface area (Å²) in [7, 11) is 2.26. The molecule has 2 saturated heterocycles. The lowest BCUT2D eigenvalue weighted by atomic mass is 9.78. The maximum absolute atomic E-state index is 6.12. The minimum Gasteiger partial charge on any atom is -0.198 e. The molecule has 0 aliphatic carbocycles. The van der Waals surface area contributed by atoms with Gasteiger partial charge in [-0.25, -0.2) is 0 Å². The third-order valence-electron chi connectivity index (χ3n) is 4.70. The summed E-state index contributed by atoms with van der Waals surface area (Å²) in [5, 5.41) is 0. The molecule has 2 rings (SSSR count). The zero-order valence-corrected chi connectivity index (χ0v) is 9.55. The van der Waals surface area contributed by atoms with E-state index in [1.54, 1.807) is 0 Å². The van der Waals surface area contributed by atoms with Crippen molar-refractivity contribution in [2.75, 3.05) is 7.05 Å². The molecule has 0 aromatic carbocycles. The average molecular weight is 184 g/mol. The van der Waals surface area contributed by atoms with Crippen molar-refractivity contribution in [3.05, 3.63) is 0 Å². The van der Waals surface area contributed by atoms with Gasteiger partial charge in [-0.3, -0.25) is 0 Å². The van der Waals surface area contributed by atoms with Gasteiger partial charge in [0.2, 0.25) is 0 Å². The first-order valence-corrected chi connectivity index (χ1v) is 5.40. The molecule has 3 atom stereocenters. The summed E-state index contributed by atoms with van der Waals surface area (Å²) < 4.78 is 0.821. The molecule has 76 valence electrons. The predicted molar refractivity (Wildman–Crippen MR) is 53.1 cm³/mol. The molecule has 0 amide bonds. The molecule has 0 saturated carbocycles. The van der Waals surface area contributed by atoms with Gasteiger partial charge < -0.3 is 0 Å². The highest BCUT2D eigenvalue weighted by molar-refractivity contribution is 4.94. The molecule has 2 nitrogen and oxygen atoms in total. The van der Waals surface area contributed by atoms with Crippen molar-refractivity contribution in [2.24, 2.45) is 0 Å². The number of piperidine rings is 1. The summed E-state index contributed by atoms with van der Waals surface area (Å²) in [5.74, 6) is 0. The Bertz CT molecular complexity index is 238. The Kier molecular flexibility index (Phi) is 1.67. The maximum atomic E-state index is 6.12. The van der Waals surface area contributed by atoms with Crippen molar-refractivity contribution in [3.8, 4) is 0 Å². The van der Waals surface area contributed by atoms with Crippen LogP contribution in [0.1, 0.15) is 47.0 Å². The van der Waals surface area contributed by atoms with Gasteiger partial charge in [-0.15, -0.1) is 0 Å². The molecule has 0 aromatic rings. The summed E-state index contributed by atoms with van der Waals surface area (Å²) in [4.78, 5) is 6.12. The van der Waals surface area contributed by atoms with Crippen LogP contribution in [0.25, 0.3) is 0 Å². The van der Waals surface area contributed by atoms with E-state index >= 15 is 0 Å². The summed E-state index contributed by atoms with van der Waals surface area (Å²) in [6, 6.07) is 0. The fraction of sp³-hybridized carbons (Fsp3) is 1.00. The third kappa shape index (κ3) is 0.909. The van der Waals surface area contributed by atoms with Crippen LogP contribution in [0.4, 0.5) is 0 Å². The molecule has 2 heteroatoms. The highest BCUT2D eigenvalue weighted by atomic mass is 16.7. The Hall–Kier alpha value is -0.0800. The van der Waals surface area contributed by atoms with E-state index in [9.17, 15) is 0 Å². The van der Waals surface area contributed by atoms with E-state index in [-0.39, 0.29) is 0 Å². The minimum atomic E-state index is 0.299. The normalized spacial score (nSPS) is 52.8. The van der Waals surface area contributed by atoms with Crippen molar-refractivity contribution >= 4 is 0 Å². The van der Waals surface area contributed by atoms with Crippen LogP contribution in [0.2, 0.25) is 0 Å². The first-order valence-electron chi connectivity index (χ1n) is 5.40. The average Bonchev–Trinajstić information content (AvgIpc) is 2.36. The molecular formula is C11H22NO+. The van der Waals surface area contributed by atoms with Gasteiger partial charge in [-0.2, -0.15) is 9.48 Å². The molecule has 0 radical (unpaired) electrons. The number of quaternary nitrogens is 1. The fourth-order valence-electron chi connectivity index (χ4n) is 3.29. The van der Waals surface area contributed by atoms with Crippen LogP contribution in [0.3, 0.4) is 0 Å². The lowest BCUT2D eigenvalue weighted by molar-refractivity contribution is -1.13. The number of hydrogen-bond acceptors (Lipinski definition) is 1. The SMILES string of the molecule is CCC1(C)CC2CC(C)(C)[N+]1(C)O2. The van der Waals surface area contributed by atoms with E-state index in [1.807, 2.05) is 0 Å². The van der Waals surface area contributed by atoms with Crippen LogP contribution in [0.5, 0.6) is 0 Å². The first kappa shape index (κ1) is 9.47. The summed E-state index contributed by atoms with van der Waals surface area (Å²) >= 11 is 0. The fourth-order valence-corrected chi connectivity index (χ4v) is 3.29. The van der Waals surface area contributed by atoms with Crippen LogP contribution >= 0.6 is 0 Å². The maximum Gasteiger partial charge on any atom is 0.129 e. The Balaban J connectivity index is 2.40. The van der Waals surface area contributed by atoms with Crippen LogP contribution in [-0.4, -0.2) is 28.9 Å².